The molecule has 8 nitrogen and oxygen atoms in total. The summed E-state index contributed by atoms with van der Waals surface area (Å²) in [5, 5.41) is 4.82. The molecule has 3 heterocycles. The molecule has 0 N–H and O–H groups in total. The highest BCUT2D eigenvalue weighted by Crippen LogP contribution is 2.24. The molecule has 25 heavy (non-hydrogen) atoms. The Kier molecular flexibility index (Phi) is 3.38. The second kappa shape index (κ2) is 5.59. The number of hydrogen-bond acceptors (Lipinski definition) is 5. The monoisotopic (exact) mass is 337 g/mol. The van der Waals surface area contributed by atoms with E-state index in [1.807, 2.05) is 18.2 Å². The van der Waals surface area contributed by atoms with E-state index in [1.165, 1.54) is 15.8 Å². The lowest BCUT2D eigenvalue weighted by Gasteiger charge is -2.15. The molecule has 0 unspecified atom stereocenters. The van der Waals surface area contributed by atoms with E-state index in [4.69, 9.17) is 4.42 Å². The zero-order chi connectivity index (χ0) is 17.6. The number of benzene rings is 1. The van der Waals surface area contributed by atoms with E-state index in [9.17, 15) is 9.59 Å². The van der Waals surface area contributed by atoms with Crippen LogP contribution in [0, 0.1) is 0 Å². The first kappa shape index (κ1) is 15.1. The summed E-state index contributed by atoms with van der Waals surface area (Å²) in [5.41, 5.74) is 1.52. The minimum absolute atomic E-state index is 0.135. The van der Waals surface area contributed by atoms with Crippen molar-refractivity contribution >= 4 is 33.7 Å². The molecule has 0 saturated carbocycles. The first-order valence-corrected chi connectivity index (χ1v) is 7.66. The molecule has 8 heteroatoms. The number of aromatic nitrogens is 4. The van der Waals surface area contributed by atoms with Gasteiger partial charge in [-0.3, -0.25) is 18.8 Å². The standard InChI is InChI=1S/C17H15N5O3/c1-20-8-11(7-19-20)21(2)14(23)9-22-10-18-15-12-5-3-4-6-13(12)25-16(15)17(22)24/h3-8,10H,9H2,1-2H3. The highest BCUT2D eigenvalue weighted by atomic mass is 16.3. The number of fused-ring (bicyclic) bond motifs is 3. The van der Waals surface area contributed by atoms with E-state index >= 15 is 0 Å². The number of hydrogen-bond donors (Lipinski definition) is 0. The molecule has 126 valence electrons. The normalized spacial score (nSPS) is 11.3. The number of furan rings is 1. The van der Waals surface area contributed by atoms with Gasteiger partial charge >= 0.3 is 0 Å². The number of carbonyl (C=O) groups is 1. The van der Waals surface area contributed by atoms with Gasteiger partial charge in [0, 0.05) is 25.7 Å². The quantitative estimate of drug-likeness (QED) is 0.566. The van der Waals surface area contributed by atoms with Crippen LogP contribution < -0.4 is 10.5 Å². The second-order valence-corrected chi connectivity index (χ2v) is 5.78. The van der Waals surface area contributed by atoms with Gasteiger partial charge in [-0.1, -0.05) is 12.1 Å². The summed E-state index contributed by atoms with van der Waals surface area (Å²) in [7, 11) is 3.41. The van der Waals surface area contributed by atoms with Crippen LogP contribution in [0.1, 0.15) is 0 Å². The fourth-order valence-electron chi connectivity index (χ4n) is 2.71. The summed E-state index contributed by atoms with van der Waals surface area (Å²) in [6.45, 7) is -0.135. The fourth-order valence-corrected chi connectivity index (χ4v) is 2.71. The topological polar surface area (TPSA) is 86.2 Å². The number of carbonyl (C=O) groups excluding carboxylic acids is 1. The zero-order valence-electron chi connectivity index (χ0n) is 13.7. The molecule has 4 rings (SSSR count). The lowest BCUT2D eigenvalue weighted by molar-refractivity contribution is -0.118. The van der Waals surface area contributed by atoms with Gasteiger partial charge in [-0.2, -0.15) is 5.10 Å². The third kappa shape index (κ3) is 2.47. The van der Waals surface area contributed by atoms with E-state index in [0.29, 0.717) is 16.8 Å². The predicted octanol–water partition coefficient (Wildman–Crippen LogP) is 1.54. The SMILES string of the molecule is CN(C(=O)Cn1cnc2c(oc3ccccc32)c1=O)c1cnn(C)c1. The first-order valence-electron chi connectivity index (χ1n) is 7.66. The summed E-state index contributed by atoms with van der Waals surface area (Å²) in [5.74, 6) is -0.257. The highest BCUT2D eigenvalue weighted by Gasteiger charge is 2.17. The molecule has 0 saturated heterocycles. The van der Waals surface area contributed by atoms with Gasteiger partial charge in [0.2, 0.25) is 11.5 Å². The molecular weight excluding hydrogens is 322 g/mol. The molecule has 3 aromatic heterocycles. The third-order valence-electron chi connectivity index (χ3n) is 4.11. The Labute approximate surface area is 141 Å². The summed E-state index contributed by atoms with van der Waals surface area (Å²) < 4.78 is 8.47. The van der Waals surface area contributed by atoms with Crippen molar-refractivity contribution in [2.75, 3.05) is 11.9 Å². The predicted molar refractivity (Wildman–Crippen MR) is 92.4 cm³/mol. The average Bonchev–Trinajstić information content (AvgIpc) is 3.20. The summed E-state index contributed by atoms with van der Waals surface area (Å²) in [6.07, 6.45) is 4.68. The number of likely N-dealkylation sites (N-methyl/N-ethyl adjacent to an activating group) is 1. The number of rotatable bonds is 3. The maximum Gasteiger partial charge on any atom is 0.297 e. The molecule has 4 aromatic rings. The number of amides is 1. The van der Waals surface area contributed by atoms with Crippen molar-refractivity contribution in [2.24, 2.45) is 7.05 Å². The van der Waals surface area contributed by atoms with Gasteiger partial charge in [-0.25, -0.2) is 4.98 Å². The van der Waals surface area contributed by atoms with Crippen LogP contribution in [0.2, 0.25) is 0 Å². The second-order valence-electron chi connectivity index (χ2n) is 5.78. The van der Waals surface area contributed by atoms with Crippen LogP contribution in [-0.2, 0) is 18.4 Å². The Balaban J connectivity index is 1.70. The maximum atomic E-state index is 12.6. The van der Waals surface area contributed by atoms with Crippen LogP contribution in [0.5, 0.6) is 0 Å². The third-order valence-corrected chi connectivity index (χ3v) is 4.11. The largest absolute Gasteiger partial charge is 0.448 e. The summed E-state index contributed by atoms with van der Waals surface area (Å²) >= 11 is 0. The number of anilines is 1. The van der Waals surface area contributed by atoms with Gasteiger partial charge < -0.3 is 9.32 Å². The maximum absolute atomic E-state index is 12.6. The van der Waals surface area contributed by atoms with Crippen LogP contribution in [0.25, 0.3) is 22.1 Å². The average molecular weight is 337 g/mol. The Bertz CT molecular complexity index is 1150. The van der Waals surface area contributed by atoms with Crippen molar-refractivity contribution in [3.8, 4) is 0 Å². The van der Waals surface area contributed by atoms with E-state index in [2.05, 4.69) is 10.1 Å². The Morgan fingerprint density at radius 1 is 1.32 bits per heavy atom. The van der Waals surface area contributed by atoms with Crippen LogP contribution in [0.15, 0.2) is 52.2 Å². The summed E-state index contributed by atoms with van der Waals surface area (Å²) in [4.78, 5) is 30.8. The van der Waals surface area contributed by atoms with Crippen LogP contribution in [0.3, 0.4) is 0 Å². The summed E-state index contributed by atoms with van der Waals surface area (Å²) in [6, 6.07) is 7.31. The van der Waals surface area contributed by atoms with Gasteiger partial charge in [0.1, 0.15) is 17.6 Å². The van der Waals surface area contributed by atoms with E-state index < -0.39 is 0 Å². The van der Waals surface area contributed by atoms with E-state index in [-0.39, 0.29) is 23.6 Å². The zero-order valence-corrected chi connectivity index (χ0v) is 13.7. The molecule has 0 aliphatic carbocycles. The molecule has 0 aliphatic heterocycles. The van der Waals surface area contributed by atoms with Crippen molar-refractivity contribution in [1.82, 2.24) is 19.3 Å². The van der Waals surface area contributed by atoms with Gasteiger partial charge in [0.15, 0.2) is 0 Å². The minimum atomic E-state index is -0.380. The molecule has 0 atom stereocenters. The van der Waals surface area contributed by atoms with Crippen molar-refractivity contribution in [1.29, 1.82) is 0 Å². The van der Waals surface area contributed by atoms with Crippen molar-refractivity contribution < 1.29 is 9.21 Å². The van der Waals surface area contributed by atoms with Gasteiger partial charge in [0.25, 0.3) is 5.56 Å². The Hall–Kier alpha value is -3.42. The lowest BCUT2D eigenvalue weighted by atomic mass is 10.2. The molecule has 1 amide bonds. The Morgan fingerprint density at radius 2 is 2.12 bits per heavy atom. The highest BCUT2D eigenvalue weighted by molar-refractivity contribution is 6.01. The fraction of sp³-hybridized carbons (Fsp3) is 0.176. The van der Waals surface area contributed by atoms with E-state index in [1.54, 1.807) is 37.2 Å². The molecule has 0 aliphatic rings. The van der Waals surface area contributed by atoms with Crippen molar-refractivity contribution in [3.63, 3.8) is 0 Å². The van der Waals surface area contributed by atoms with Gasteiger partial charge in [-0.05, 0) is 12.1 Å². The number of para-hydroxylation sites is 1. The van der Waals surface area contributed by atoms with Crippen LogP contribution in [0.4, 0.5) is 5.69 Å². The van der Waals surface area contributed by atoms with Crippen LogP contribution in [-0.4, -0.2) is 32.3 Å². The lowest BCUT2D eigenvalue weighted by Crippen LogP contribution is -2.33. The van der Waals surface area contributed by atoms with Gasteiger partial charge in [0.05, 0.1) is 18.2 Å². The Morgan fingerprint density at radius 3 is 2.88 bits per heavy atom. The molecule has 0 spiro atoms. The minimum Gasteiger partial charge on any atom is -0.448 e. The molecular formula is C17H15N5O3. The smallest absolute Gasteiger partial charge is 0.297 e. The molecule has 0 bridgehead atoms. The van der Waals surface area contributed by atoms with Gasteiger partial charge in [-0.15, -0.1) is 0 Å². The first-order chi connectivity index (χ1) is 12.0. The molecule has 0 radical (unpaired) electrons. The van der Waals surface area contributed by atoms with E-state index in [0.717, 1.165) is 5.39 Å². The van der Waals surface area contributed by atoms with Crippen molar-refractivity contribution in [3.05, 3.63) is 53.3 Å². The molecule has 0 fully saturated rings. The van der Waals surface area contributed by atoms with Crippen LogP contribution >= 0.6 is 0 Å². The van der Waals surface area contributed by atoms with Crippen molar-refractivity contribution in [2.45, 2.75) is 6.54 Å². The number of aryl methyl sites for hydroxylation is 1. The number of nitrogens with zero attached hydrogens (tertiary/aromatic N) is 5. The molecule has 1 aromatic carbocycles.